The van der Waals surface area contributed by atoms with E-state index in [1.807, 2.05) is 0 Å². The number of aromatic nitrogens is 1. The molecule has 158 valence electrons. The maximum Gasteiger partial charge on any atom is 0.418 e. The lowest BCUT2D eigenvalue weighted by molar-refractivity contribution is -0.133. The number of piperidine rings is 1. The van der Waals surface area contributed by atoms with Crippen LogP contribution < -0.4 is 10.9 Å². The number of hydrazine groups is 1. The van der Waals surface area contributed by atoms with E-state index in [1.165, 1.54) is 6.20 Å². The molecule has 2 aliphatic heterocycles. The van der Waals surface area contributed by atoms with Crippen LogP contribution in [0.2, 0.25) is 0 Å². The molecule has 12 nitrogen and oxygen atoms in total. The average molecular weight is 427 g/mol. The molecule has 0 aliphatic carbocycles. The molecule has 2 atom stereocenters. The molecular formula is C16H21N5O7S. The second-order valence-electron chi connectivity index (χ2n) is 7.56. The summed E-state index contributed by atoms with van der Waals surface area (Å²) >= 11 is 0. The van der Waals surface area contributed by atoms with Crippen LogP contribution in [0.15, 0.2) is 24.5 Å². The SMILES string of the molecule is CC1(C)CC(C(=O)NNC(=O)Cc2cccnc2)N2CC1N(OS(=O)(=O)O)C2=O. The molecule has 0 aromatic carbocycles. The van der Waals surface area contributed by atoms with Crippen molar-refractivity contribution in [3.8, 4) is 0 Å². The van der Waals surface area contributed by atoms with Gasteiger partial charge in [0.1, 0.15) is 6.04 Å². The lowest BCUT2D eigenvalue weighted by atomic mass is 9.76. The molecule has 1 aromatic rings. The molecule has 13 heteroatoms. The lowest BCUT2D eigenvalue weighted by Gasteiger charge is -2.40. The predicted molar refractivity (Wildman–Crippen MR) is 96.8 cm³/mol. The minimum atomic E-state index is -4.90. The van der Waals surface area contributed by atoms with Gasteiger partial charge in [0.15, 0.2) is 0 Å². The van der Waals surface area contributed by atoms with Gasteiger partial charge in [0.25, 0.3) is 5.91 Å². The highest BCUT2D eigenvalue weighted by Crippen LogP contribution is 2.42. The fraction of sp³-hybridized carbons (Fsp3) is 0.500. The van der Waals surface area contributed by atoms with Gasteiger partial charge in [-0.1, -0.05) is 19.9 Å². The third-order valence-corrected chi connectivity index (χ3v) is 5.32. The van der Waals surface area contributed by atoms with Crippen molar-refractivity contribution in [1.82, 2.24) is 25.8 Å². The Morgan fingerprint density at radius 2 is 2.10 bits per heavy atom. The first kappa shape index (κ1) is 21.0. The second-order valence-corrected chi connectivity index (χ2v) is 8.57. The van der Waals surface area contributed by atoms with Crippen molar-refractivity contribution in [2.24, 2.45) is 5.41 Å². The number of rotatable bonds is 5. The van der Waals surface area contributed by atoms with Crippen LogP contribution in [0.3, 0.4) is 0 Å². The first-order chi connectivity index (χ1) is 13.5. The maximum absolute atomic E-state index is 12.6. The highest BCUT2D eigenvalue weighted by Gasteiger charge is 2.56. The number of urea groups is 1. The summed E-state index contributed by atoms with van der Waals surface area (Å²) in [6.07, 6.45) is 3.30. The van der Waals surface area contributed by atoms with Crippen molar-refractivity contribution < 1.29 is 31.6 Å². The molecule has 29 heavy (non-hydrogen) atoms. The summed E-state index contributed by atoms with van der Waals surface area (Å²) in [4.78, 5) is 42.2. The Balaban J connectivity index is 1.65. The molecule has 3 N–H and O–H groups in total. The van der Waals surface area contributed by atoms with Crippen molar-refractivity contribution in [3.63, 3.8) is 0 Å². The van der Waals surface area contributed by atoms with Crippen molar-refractivity contribution >= 4 is 28.2 Å². The van der Waals surface area contributed by atoms with E-state index in [0.717, 1.165) is 4.90 Å². The number of hydrogen-bond acceptors (Lipinski definition) is 7. The largest absolute Gasteiger partial charge is 0.418 e. The number of carbonyl (C=O) groups is 3. The van der Waals surface area contributed by atoms with Crippen LogP contribution in [-0.4, -0.2) is 64.4 Å². The van der Waals surface area contributed by atoms with Gasteiger partial charge in [-0.2, -0.15) is 13.5 Å². The van der Waals surface area contributed by atoms with Crippen molar-refractivity contribution in [3.05, 3.63) is 30.1 Å². The van der Waals surface area contributed by atoms with Gasteiger partial charge in [-0.15, -0.1) is 4.28 Å². The van der Waals surface area contributed by atoms with Gasteiger partial charge in [0, 0.05) is 18.9 Å². The first-order valence-electron chi connectivity index (χ1n) is 8.72. The highest BCUT2D eigenvalue weighted by atomic mass is 32.3. The Labute approximate surface area is 167 Å². The summed E-state index contributed by atoms with van der Waals surface area (Å²) < 4.78 is 35.5. The molecule has 4 amide bonds. The Morgan fingerprint density at radius 1 is 1.38 bits per heavy atom. The van der Waals surface area contributed by atoms with E-state index in [-0.39, 0.29) is 19.4 Å². The van der Waals surface area contributed by atoms with Crippen molar-refractivity contribution in [1.29, 1.82) is 0 Å². The smallest absolute Gasteiger partial charge is 0.309 e. The second kappa shape index (κ2) is 7.57. The molecule has 1 aromatic heterocycles. The molecule has 0 spiro atoms. The zero-order valence-corrected chi connectivity index (χ0v) is 16.5. The molecule has 2 bridgehead atoms. The predicted octanol–water partition coefficient (Wildman–Crippen LogP) is -0.589. The van der Waals surface area contributed by atoms with Gasteiger partial charge in [-0.25, -0.2) is 4.79 Å². The van der Waals surface area contributed by atoms with Gasteiger partial charge in [0.05, 0.1) is 12.5 Å². The van der Waals surface area contributed by atoms with Gasteiger partial charge < -0.3 is 4.90 Å². The zero-order chi connectivity index (χ0) is 21.4. The Bertz CT molecular complexity index is 921. The summed E-state index contributed by atoms with van der Waals surface area (Å²) in [5.74, 6) is -1.10. The molecule has 0 radical (unpaired) electrons. The Morgan fingerprint density at radius 3 is 2.72 bits per heavy atom. The Kier molecular flexibility index (Phi) is 5.47. The number of fused-ring (bicyclic) bond motifs is 2. The number of amides is 4. The monoisotopic (exact) mass is 427 g/mol. The number of hydroxylamine groups is 2. The first-order valence-corrected chi connectivity index (χ1v) is 10.1. The number of nitrogens with one attached hydrogen (secondary N) is 2. The molecule has 0 saturated carbocycles. The summed E-state index contributed by atoms with van der Waals surface area (Å²) in [5, 5.41) is 0.573. The van der Waals surface area contributed by atoms with Gasteiger partial charge >= 0.3 is 16.4 Å². The van der Waals surface area contributed by atoms with E-state index in [2.05, 4.69) is 20.1 Å². The third kappa shape index (κ3) is 4.63. The third-order valence-electron chi connectivity index (χ3n) is 4.97. The van der Waals surface area contributed by atoms with E-state index in [4.69, 9.17) is 4.55 Å². The van der Waals surface area contributed by atoms with Crippen LogP contribution in [0.25, 0.3) is 0 Å². The zero-order valence-electron chi connectivity index (χ0n) is 15.7. The summed E-state index contributed by atoms with van der Waals surface area (Å²) in [5.41, 5.74) is 4.55. The molecular weight excluding hydrogens is 406 g/mol. The van der Waals surface area contributed by atoms with Gasteiger partial charge in [-0.05, 0) is 23.5 Å². The quantitative estimate of drug-likeness (QED) is 0.415. The van der Waals surface area contributed by atoms with Crippen LogP contribution in [0.4, 0.5) is 4.79 Å². The van der Waals surface area contributed by atoms with Crippen LogP contribution in [0.1, 0.15) is 25.8 Å². The molecule has 2 fully saturated rings. The summed E-state index contributed by atoms with van der Waals surface area (Å²) in [6.45, 7) is 3.52. The van der Waals surface area contributed by atoms with Crippen LogP contribution in [0, 0.1) is 5.41 Å². The van der Waals surface area contributed by atoms with Crippen molar-refractivity contribution in [2.45, 2.75) is 38.8 Å². The van der Waals surface area contributed by atoms with Gasteiger partial charge in [0.2, 0.25) is 5.91 Å². The highest BCUT2D eigenvalue weighted by molar-refractivity contribution is 7.80. The molecule has 2 unspecified atom stereocenters. The fourth-order valence-corrected chi connectivity index (χ4v) is 3.91. The van der Waals surface area contributed by atoms with Gasteiger partial charge in [-0.3, -0.25) is 30.0 Å². The fourth-order valence-electron chi connectivity index (χ4n) is 3.53. The molecule has 2 aliphatic rings. The molecule has 3 heterocycles. The topological polar surface area (TPSA) is 158 Å². The Hall–Kier alpha value is -2.77. The van der Waals surface area contributed by atoms with E-state index < -0.39 is 45.7 Å². The minimum absolute atomic E-state index is 0.00494. The van der Waals surface area contributed by atoms with E-state index in [0.29, 0.717) is 10.6 Å². The minimum Gasteiger partial charge on any atom is -0.309 e. The van der Waals surface area contributed by atoms with E-state index in [9.17, 15) is 22.8 Å². The maximum atomic E-state index is 12.6. The average Bonchev–Trinajstić information content (AvgIpc) is 2.91. The molecule has 3 rings (SSSR count). The lowest BCUT2D eigenvalue weighted by Crippen LogP contribution is -2.57. The van der Waals surface area contributed by atoms with Crippen LogP contribution in [0.5, 0.6) is 0 Å². The number of hydrogen-bond donors (Lipinski definition) is 3. The van der Waals surface area contributed by atoms with E-state index in [1.54, 1.807) is 32.2 Å². The van der Waals surface area contributed by atoms with Crippen LogP contribution >= 0.6 is 0 Å². The number of carbonyl (C=O) groups excluding carboxylic acids is 3. The summed E-state index contributed by atoms with van der Waals surface area (Å²) in [6, 6.07) is 0.898. The summed E-state index contributed by atoms with van der Waals surface area (Å²) in [7, 11) is -4.90. The molecule has 2 saturated heterocycles. The van der Waals surface area contributed by atoms with E-state index >= 15 is 0 Å². The van der Waals surface area contributed by atoms with Crippen LogP contribution in [-0.2, 0) is 30.7 Å². The van der Waals surface area contributed by atoms with Crippen molar-refractivity contribution in [2.75, 3.05) is 6.54 Å². The standard InChI is InChI=1S/C16H21N5O7S/c1-16(2)7-11(20-9-12(16)21(15(20)24)28-29(25,26)27)14(23)19-18-13(22)6-10-4-3-5-17-8-10/h3-5,8,11-12H,6-7,9H2,1-2H3,(H,18,22)(H,19,23)(H,25,26,27). The number of pyridine rings is 1. The number of nitrogens with zero attached hydrogens (tertiary/aromatic N) is 3. The normalized spacial score (nSPS) is 23.1.